The molecule has 1 saturated carbocycles. The first-order valence-corrected chi connectivity index (χ1v) is 7.87. The van der Waals surface area contributed by atoms with E-state index in [1.165, 1.54) is 6.07 Å². The molecule has 128 valence electrons. The predicted molar refractivity (Wildman–Crippen MR) is 85.5 cm³/mol. The van der Waals surface area contributed by atoms with Gasteiger partial charge in [0.25, 0.3) is 5.91 Å². The van der Waals surface area contributed by atoms with Crippen molar-refractivity contribution >= 4 is 11.7 Å². The Kier molecular flexibility index (Phi) is 4.26. The van der Waals surface area contributed by atoms with Crippen molar-refractivity contribution in [1.82, 2.24) is 10.2 Å². The molecule has 1 aromatic heterocycles. The molecule has 0 saturated heterocycles. The van der Waals surface area contributed by atoms with Crippen LogP contribution in [0.3, 0.4) is 0 Å². The molecule has 0 bridgehead atoms. The first-order valence-electron chi connectivity index (χ1n) is 7.87. The summed E-state index contributed by atoms with van der Waals surface area (Å²) in [6.07, 6.45) is 0.546. The van der Waals surface area contributed by atoms with Gasteiger partial charge in [-0.25, -0.2) is 8.78 Å². The van der Waals surface area contributed by atoms with Crippen molar-refractivity contribution in [1.29, 1.82) is 0 Å². The second kappa shape index (κ2) is 6.22. The Morgan fingerprint density at radius 3 is 2.67 bits per heavy atom. The van der Waals surface area contributed by atoms with Crippen LogP contribution < -0.4 is 5.32 Å². The average Bonchev–Trinajstić information content (AvgIpc) is 2.94. The monoisotopic (exact) mass is 335 g/mol. The lowest BCUT2D eigenvalue weighted by atomic mass is 9.85. The van der Waals surface area contributed by atoms with E-state index in [-0.39, 0.29) is 30.4 Å². The van der Waals surface area contributed by atoms with Crippen molar-refractivity contribution in [3.05, 3.63) is 41.1 Å². The van der Waals surface area contributed by atoms with Crippen molar-refractivity contribution in [2.45, 2.75) is 44.4 Å². The van der Waals surface area contributed by atoms with E-state index in [0.717, 1.165) is 11.3 Å². The Morgan fingerprint density at radius 1 is 1.29 bits per heavy atom. The number of aromatic nitrogens is 2. The van der Waals surface area contributed by atoms with Gasteiger partial charge in [-0.1, -0.05) is 0 Å². The number of aromatic hydroxyl groups is 1. The van der Waals surface area contributed by atoms with Crippen LogP contribution in [0.1, 0.15) is 53.2 Å². The average molecular weight is 335 g/mol. The highest BCUT2D eigenvalue weighted by molar-refractivity contribution is 6.04. The summed E-state index contributed by atoms with van der Waals surface area (Å²) >= 11 is 0. The largest absolute Gasteiger partial charge is 0.508 e. The molecule has 2 aromatic rings. The van der Waals surface area contributed by atoms with Crippen LogP contribution in [0.15, 0.2) is 24.3 Å². The van der Waals surface area contributed by atoms with E-state index >= 15 is 0 Å². The fourth-order valence-corrected chi connectivity index (χ4v) is 3.04. The number of carbonyl (C=O) groups is 1. The number of phenolic OH excluding ortho intramolecular Hbond substituents is 1. The first kappa shape index (κ1) is 16.4. The lowest BCUT2D eigenvalue weighted by Gasteiger charge is -2.27. The van der Waals surface area contributed by atoms with Gasteiger partial charge in [-0.05, 0) is 43.5 Å². The third kappa shape index (κ3) is 3.72. The van der Waals surface area contributed by atoms with Crippen LogP contribution in [-0.2, 0) is 0 Å². The topological polar surface area (TPSA) is 78.0 Å². The Balaban J connectivity index is 1.67. The third-order valence-corrected chi connectivity index (χ3v) is 4.32. The number of aromatic amines is 1. The molecule has 1 aliphatic rings. The zero-order chi connectivity index (χ0) is 17.3. The number of phenols is 1. The second-order valence-corrected chi connectivity index (χ2v) is 6.35. The minimum absolute atomic E-state index is 0.00536. The molecule has 1 amide bonds. The van der Waals surface area contributed by atoms with Gasteiger partial charge in [0.15, 0.2) is 5.82 Å². The van der Waals surface area contributed by atoms with Crippen LogP contribution in [0.2, 0.25) is 0 Å². The molecule has 1 heterocycles. The Hall–Kier alpha value is -2.44. The number of hydrogen-bond acceptors (Lipinski definition) is 3. The van der Waals surface area contributed by atoms with Gasteiger partial charge in [-0.3, -0.25) is 9.89 Å². The van der Waals surface area contributed by atoms with Crippen LogP contribution >= 0.6 is 0 Å². The zero-order valence-electron chi connectivity index (χ0n) is 13.3. The number of amides is 1. The van der Waals surface area contributed by atoms with Crippen LogP contribution in [-0.4, -0.2) is 27.1 Å². The van der Waals surface area contributed by atoms with E-state index in [0.29, 0.717) is 24.2 Å². The number of benzene rings is 1. The summed E-state index contributed by atoms with van der Waals surface area (Å²) in [5.74, 6) is -2.59. The molecule has 5 nitrogen and oxygen atoms in total. The summed E-state index contributed by atoms with van der Waals surface area (Å²) in [7, 11) is 0. The number of aryl methyl sites for hydroxylation is 1. The van der Waals surface area contributed by atoms with Gasteiger partial charge in [0.2, 0.25) is 5.92 Å². The van der Waals surface area contributed by atoms with Crippen molar-refractivity contribution in [3.63, 3.8) is 0 Å². The van der Waals surface area contributed by atoms with Gasteiger partial charge < -0.3 is 10.4 Å². The van der Waals surface area contributed by atoms with Crippen molar-refractivity contribution < 1.29 is 18.7 Å². The van der Waals surface area contributed by atoms with Gasteiger partial charge >= 0.3 is 0 Å². The van der Waals surface area contributed by atoms with Gasteiger partial charge in [0.1, 0.15) is 5.75 Å². The molecule has 0 spiro atoms. The van der Waals surface area contributed by atoms with Crippen LogP contribution in [0.4, 0.5) is 14.6 Å². The highest BCUT2D eigenvalue weighted by Crippen LogP contribution is 2.40. The minimum atomic E-state index is -2.57. The number of anilines is 1. The maximum absolute atomic E-state index is 13.2. The van der Waals surface area contributed by atoms with E-state index in [2.05, 4.69) is 15.5 Å². The molecule has 0 radical (unpaired) electrons. The normalized spacial score (nSPS) is 17.6. The van der Waals surface area contributed by atoms with Crippen molar-refractivity contribution in [3.8, 4) is 5.75 Å². The molecule has 7 heteroatoms. The van der Waals surface area contributed by atoms with E-state index < -0.39 is 5.92 Å². The third-order valence-electron chi connectivity index (χ3n) is 4.32. The summed E-state index contributed by atoms with van der Waals surface area (Å²) in [5, 5.41) is 19.1. The molecular weight excluding hydrogens is 316 g/mol. The number of alkyl halides is 2. The van der Waals surface area contributed by atoms with E-state index in [1.807, 2.05) is 0 Å². The number of rotatable bonds is 3. The van der Waals surface area contributed by atoms with E-state index in [4.69, 9.17) is 0 Å². The number of carbonyl (C=O) groups excluding carboxylic acids is 1. The summed E-state index contributed by atoms with van der Waals surface area (Å²) in [5.41, 5.74) is 1.85. The molecular formula is C17H19F2N3O2. The molecule has 24 heavy (non-hydrogen) atoms. The van der Waals surface area contributed by atoms with E-state index in [9.17, 15) is 18.7 Å². The maximum atomic E-state index is 13.2. The molecule has 1 fully saturated rings. The number of nitrogens with one attached hydrogen (secondary N) is 2. The minimum Gasteiger partial charge on any atom is -0.508 e. The number of halogens is 2. The highest BCUT2D eigenvalue weighted by Gasteiger charge is 2.35. The fourth-order valence-electron chi connectivity index (χ4n) is 3.04. The molecule has 1 aromatic carbocycles. The molecule has 3 N–H and O–H groups in total. The number of nitrogens with zero attached hydrogens (tertiary/aromatic N) is 1. The lowest BCUT2D eigenvalue weighted by molar-refractivity contribution is -0.0384. The van der Waals surface area contributed by atoms with Crippen LogP contribution in [0.5, 0.6) is 5.75 Å². The molecule has 1 aliphatic carbocycles. The van der Waals surface area contributed by atoms with Gasteiger partial charge in [-0.2, -0.15) is 5.10 Å². The highest BCUT2D eigenvalue weighted by atomic mass is 19.3. The van der Waals surface area contributed by atoms with Gasteiger partial charge in [-0.15, -0.1) is 0 Å². The summed E-state index contributed by atoms with van der Waals surface area (Å²) < 4.78 is 26.4. The maximum Gasteiger partial charge on any atom is 0.257 e. The van der Waals surface area contributed by atoms with Crippen LogP contribution in [0.25, 0.3) is 0 Å². The zero-order valence-corrected chi connectivity index (χ0v) is 13.3. The summed E-state index contributed by atoms with van der Waals surface area (Å²) in [6.45, 7) is 1.78. The standard InChI is InChI=1S/C17H19F2N3O2/c1-10-6-12(8-13(23)7-10)16(24)20-15-9-14(21-22-15)11-2-4-17(18,19)5-3-11/h6-9,11,23H,2-5H2,1H3,(H2,20,21,22,24). The predicted octanol–water partition coefficient (Wildman–Crippen LogP) is 3.97. The SMILES string of the molecule is Cc1cc(O)cc(C(=O)Nc2cc(C3CCC(F)(F)CC3)[nH]n2)c1. The van der Waals surface area contributed by atoms with Crippen molar-refractivity contribution in [2.75, 3.05) is 5.32 Å². The smallest absolute Gasteiger partial charge is 0.257 e. The number of H-pyrrole nitrogens is 1. The Labute approximate surface area is 138 Å². The quantitative estimate of drug-likeness (QED) is 0.794. The number of hydrogen-bond donors (Lipinski definition) is 3. The summed E-state index contributed by atoms with van der Waals surface area (Å²) in [6, 6.07) is 6.27. The van der Waals surface area contributed by atoms with Crippen molar-refractivity contribution in [2.24, 2.45) is 0 Å². The van der Waals surface area contributed by atoms with Gasteiger partial charge in [0, 0.05) is 36.1 Å². The molecule has 3 rings (SSSR count). The summed E-state index contributed by atoms with van der Waals surface area (Å²) in [4.78, 5) is 12.2. The Morgan fingerprint density at radius 2 is 2.00 bits per heavy atom. The fraction of sp³-hybridized carbons (Fsp3) is 0.412. The second-order valence-electron chi connectivity index (χ2n) is 6.35. The Bertz CT molecular complexity index is 728. The first-order chi connectivity index (χ1) is 11.3. The van der Waals surface area contributed by atoms with Crippen LogP contribution in [0, 0.1) is 6.92 Å². The molecule has 0 atom stereocenters. The van der Waals surface area contributed by atoms with E-state index in [1.54, 1.807) is 25.1 Å². The molecule has 0 unspecified atom stereocenters. The molecule has 0 aliphatic heterocycles. The van der Waals surface area contributed by atoms with Gasteiger partial charge in [0.05, 0.1) is 0 Å². The lowest BCUT2D eigenvalue weighted by Crippen LogP contribution is -2.23.